The zero-order valence-corrected chi connectivity index (χ0v) is 16.3. The fraction of sp³-hybridized carbons (Fsp3) is 0.421. The molecule has 0 aliphatic carbocycles. The van der Waals surface area contributed by atoms with Gasteiger partial charge in [-0.15, -0.1) is 0 Å². The van der Waals surface area contributed by atoms with Crippen LogP contribution in [0.5, 0.6) is 0 Å². The number of piperazine rings is 1. The number of hydrogen-bond donors (Lipinski definition) is 3. The van der Waals surface area contributed by atoms with Gasteiger partial charge >= 0.3 is 6.18 Å². The SMILES string of the molecule is CC(O)(CC(F)(F)F)C1CN(c2nc(-c3[nH]nc4ncccc34)c(F)cc2F)CCN1.[HH].[HH]. The molecule has 31 heavy (non-hydrogen) atoms. The van der Waals surface area contributed by atoms with Crippen LogP contribution in [-0.2, 0) is 0 Å². The van der Waals surface area contributed by atoms with Crippen molar-refractivity contribution in [3.8, 4) is 11.4 Å². The Hall–Kier alpha value is -2.86. The van der Waals surface area contributed by atoms with Crippen LogP contribution in [0.15, 0.2) is 24.4 Å². The Labute approximate surface area is 176 Å². The Morgan fingerprint density at radius 1 is 1.29 bits per heavy atom. The van der Waals surface area contributed by atoms with E-state index in [-0.39, 0.29) is 39.7 Å². The zero-order chi connectivity index (χ0) is 22.4. The van der Waals surface area contributed by atoms with E-state index in [1.165, 1.54) is 11.1 Å². The molecule has 3 N–H and O–H groups in total. The van der Waals surface area contributed by atoms with Gasteiger partial charge in [-0.05, 0) is 19.1 Å². The third-order valence-corrected chi connectivity index (χ3v) is 5.26. The van der Waals surface area contributed by atoms with Crippen LogP contribution >= 0.6 is 0 Å². The molecule has 3 aromatic rings. The molecule has 0 spiro atoms. The second kappa shape index (κ2) is 7.68. The van der Waals surface area contributed by atoms with Crippen LogP contribution in [0.4, 0.5) is 27.8 Å². The summed E-state index contributed by atoms with van der Waals surface area (Å²) in [6.07, 6.45) is -4.49. The highest BCUT2D eigenvalue weighted by molar-refractivity contribution is 5.89. The van der Waals surface area contributed by atoms with E-state index >= 15 is 0 Å². The summed E-state index contributed by atoms with van der Waals surface area (Å²) >= 11 is 0. The molecule has 1 aliphatic rings. The lowest BCUT2D eigenvalue weighted by Crippen LogP contribution is -2.61. The van der Waals surface area contributed by atoms with Gasteiger partial charge in [-0.3, -0.25) is 5.10 Å². The molecule has 170 valence electrons. The molecule has 2 unspecified atom stereocenters. The van der Waals surface area contributed by atoms with E-state index in [1.54, 1.807) is 12.1 Å². The van der Waals surface area contributed by atoms with E-state index in [9.17, 15) is 27.1 Å². The lowest BCUT2D eigenvalue weighted by Gasteiger charge is -2.42. The van der Waals surface area contributed by atoms with Crippen molar-refractivity contribution in [1.29, 1.82) is 0 Å². The fourth-order valence-corrected chi connectivity index (χ4v) is 3.77. The quantitative estimate of drug-likeness (QED) is 0.533. The van der Waals surface area contributed by atoms with Gasteiger partial charge in [0.25, 0.3) is 0 Å². The summed E-state index contributed by atoms with van der Waals surface area (Å²) in [5.74, 6) is -2.11. The molecule has 0 amide bonds. The van der Waals surface area contributed by atoms with Crippen molar-refractivity contribution in [2.24, 2.45) is 0 Å². The first-order valence-electron chi connectivity index (χ1n) is 9.48. The number of nitrogens with zero attached hydrogens (tertiary/aromatic N) is 4. The van der Waals surface area contributed by atoms with Gasteiger partial charge in [-0.2, -0.15) is 18.3 Å². The van der Waals surface area contributed by atoms with Crippen LogP contribution in [-0.4, -0.2) is 62.7 Å². The maximum absolute atomic E-state index is 14.6. The number of rotatable bonds is 4. The van der Waals surface area contributed by atoms with E-state index in [2.05, 4.69) is 25.5 Å². The average Bonchev–Trinajstić information content (AvgIpc) is 3.10. The predicted octanol–water partition coefficient (Wildman–Crippen LogP) is 3.27. The summed E-state index contributed by atoms with van der Waals surface area (Å²) in [5.41, 5.74) is -1.78. The summed E-state index contributed by atoms with van der Waals surface area (Å²) in [7, 11) is 0. The Morgan fingerprint density at radius 2 is 2.06 bits per heavy atom. The maximum Gasteiger partial charge on any atom is 0.391 e. The number of hydrogen-bond acceptors (Lipinski definition) is 6. The number of pyridine rings is 2. The van der Waals surface area contributed by atoms with Gasteiger partial charge in [0.05, 0.1) is 23.8 Å². The van der Waals surface area contributed by atoms with E-state index in [0.717, 1.165) is 6.92 Å². The highest BCUT2D eigenvalue weighted by atomic mass is 19.4. The van der Waals surface area contributed by atoms with E-state index < -0.39 is 35.9 Å². The van der Waals surface area contributed by atoms with Crippen molar-refractivity contribution in [3.05, 3.63) is 36.0 Å². The minimum atomic E-state index is -4.57. The lowest BCUT2D eigenvalue weighted by atomic mass is 9.90. The number of anilines is 1. The Balaban J connectivity index is 0.00000193. The first-order valence-corrected chi connectivity index (χ1v) is 9.48. The molecule has 0 aromatic carbocycles. The number of alkyl halides is 3. The number of aliphatic hydroxyl groups is 1. The standard InChI is InChI=1S/C19H19F5N6O.2H2/c1-18(31,9-19(22,23)24)13-8-30(6-5-25-13)17-12(21)7-11(20)15(27-17)14-10-3-2-4-26-16(10)29-28-14;;/h2-4,7,13,25,31H,5-6,8-9H2,1H3,(H,26,28,29);2*1H. The van der Waals surface area contributed by atoms with Gasteiger partial charge < -0.3 is 15.3 Å². The summed E-state index contributed by atoms with van der Waals surface area (Å²) < 4.78 is 67.7. The topological polar surface area (TPSA) is 90.0 Å². The molecule has 7 nitrogen and oxygen atoms in total. The van der Waals surface area contributed by atoms with Gasteiger partial charge in [0.1, 0.15) is 5.69 Å². The molecule has 2 atom stereocenters. The van der Waals surface area contributed by atoms with Crippen LogP contribution in [0, 0.1) is 11.6 Å². The molecule has 0 radical (unpaired) electrons. The molecule has 12 heteroatoms. The van der Waals surface area contributed by atoms with Crippen molar-refractivity contribution in [2.75, 3.05) is 24.5 Å². The Bertz CT molecular complexity index is 1110. The largest absolute Gasteiger partial charge is 0.391 e. The van der Waals surface area contributed by atoms with Gasteiger partial charge in [0.2, 0.25) is 0 Å². The summed E-state index contributed by atoms with van der Waals surface area (Å²) in [5, 5.41) is 20.3. The zero-order valence-electron chi connectivity index (χ0n) is 16.3. The number of H-pyrrole nitrogens is 1. The van der Waals surface area contributed by atoms with Gasteiger partial charge in [-0.1, -0.05) is 0 Å². The van der Waals surface area contributed by atoms with Crippen LogP contribution in [0.2, 0.25) is 0 Å². The van der Waals surface area contributed by atoms with E-state index in [4.69, 9.17) is 0 Å². The third-order valence-electron chi connectivity index (χ3n) is 5.26. The molecule has 4 heterocycles. The number of fused-ring (bicyclic) bond motifs is 1. The molecule has 1 fully saturated rings. The van der Waals surface area contributed by atoms with Crippen molar-refractivity contribution < 1.29 is 29.9 Å². The van der Waals surface area contributed by atoms with Gasteiger partial charge in [0, 0.05) is 40.1 Å². The first kappa shape index (κ1) is 21.4. The monoisotopic (exact) mass is 446 g/mol. The van der Waals surface area contributed by atoms with Crippen molar-refractivity contribution in [2.45, 2.75) is 31.2 Å². The lowest BCUT2D eigenvalue weighted by molar-refractivity contribution is -0.178. The van der Waals surface area contributed by atoms with Crippen LogP contribution in [0.1, 0.15) is 16.2 Å². The highest BCUT2D eigenvalue weighted by Gasteiger charge is 2.44. The molecular weight excluding hydrogens is 423 g/mol. The van der Waals surface area contributed by atoms with Crippen molar-refractivity contribution in [3.63, 3.8) is 0 Å². The minimum absolute atomic E-state index is 0. The number of aromatic nitrogens is 4. The number of halogens is 5. The van der Waals surface area contributed by atoms with Crippen molar-refractivity contribution >= 4 is 16.9 Å². The molecule has 3 aromatic heterocycles. The molecule has 0 saturated carbocycles. The predicted molar refractivity (Wildman–Crippen MR) is 107 cm³/mol. The summed E-state index contributed by atoms with van der Waals surface area (Å²) in [6, 6.07) is 2.95. The molecule has 1 saturated heterocycles. The average molecular weight is 446 g/mol. The van der Waals surface area contributed by atoms with Crippen LogP contribution in [0.3, 0.4) is 0 Å². The minimum Gasteiger partial charge on any atom is -0.388 e. The summed E-state index contributed by atoms with van der Waals surface area (Å²) in [4.78, 5) is 9.56. The van der Waals surface area contributed by atoms with E-state index in [1.807, 2.05) is 0 Å². The first-order chi connectivity index (χ1) is 14.5. The molecule has 4 rings (SSSR count). The summed E-state index contributed by atoms with van der Waals surface area (Å²) in [6.45, 7) is 1.32. The highest BCUT2D eigenvalue weighted by Crippen LogP contribution is 2.33. The maximum atomic E-state index is 14.6. The third kappa shape index (κ3) is 4.30. The van der Waals surface area contributed by atoms with Crippen LogP contribution in [0.25, 0.3) is 22.4 Å². The Morgan fingerprint density at radius 3 is 2.81 bits per heavy atom. The van der Waals surface area contributed by atoms with Gasteiger partial charge in [-0.25, -0.2) is 18.7 Å². The molecular formula is C19H23F5N6O. The van der Waals surface area contributed by atoms with Gasteiger partial charge in [0.15, 0.2) is 23.1 Å². The molecule has 0 bridgehead atoms. The fourth-order valence-electron chi connectivity index (χ4n) is 3.77. The normalized spacial score (nSPS) is 19.6. The second-order valence-electron chi connectivity index (χ2n) is 7.70. The van der Waals surface area contributed by atoms with E-state index in [0.29, 0.717) is 17.1 Å². The molecule has 1 aliphatic heterocycles. The number of nitrogens with one attached hydrogen (secondary N) is 2. The smallest absolute Gasteiger partial charge is 0.388 e. The van der Waals surface area contributed by atoms with Crippen molar-refractivity contribution in [1.82, 2.24) is 25.5 Å². The second-order valence-corrected chi connectivity index (χ2v) is 7.70. The Kier molecular flexibility index (Phi) is 5.30. The van der Waals surface area contributed by atoms with Crippen LogP contribution < -0.4 is 10.2 Å². The number of aromatic amines is 1.